The van der Waals surface area contributed by atoms with Gasteiger partial charge in [-0.05, 0) is 35.4 Å². The number of ether oxygens (including phenoxy) is 1. The fourth-order valence-corrected chi connectivity index (χ4v) is 2.31. The maximum Gasteiger partial charge on any atom is 0.224 e. The smallest absolute Gasteiger partial charge is 0.224 e. The highest BCUT2D eigenvalue weighted by atomic mass is 19.1. The number of benzene rings is 2. The highest BCUT2D eigenvalue weighted by Gasteiger charge is 2.21. The number of nitrogens with one attached hydrogen (secondary N) is 1. The van der Waals surface area contributed by atoms with Gasteiger partial charge in [-0.15, -0.1) is 0 Å². The lowest BCUT2D eigenvalue weighted by molar-refractivity contribution is -0.120. The van der Waals surface area contributed by atoms with Gasteiger partial charge in [-0.25, -0.2) is 4.39 Å². The van der Waals surface area contributed by atoms with Gasteiger partial charge in [0.15, 0.2) is 0 Å². The van der Waals surface area contributed by atoms with Crippen molar-refractivity contribution >= 4 is 5.91 Å². The van der Waals surface area contributed by atoms with Crippen LogP contribution < -0.4 is 10.1 Å². The third-order valence-corrected chi connectivity index (χ3v) is 3.88. The number of hydrogen-bond acceptors (Lipinski definition) is 2. The zero-order chi connectivity index (χ0) is 16.9. The van der Waals surface area contributed by atoms with E-state index in [0.717, 1.165) is 16.9 Å². The van der Waals surface area contributed by atoms with Crippen LogP contribution in [0.5, 0.6) is 5.75 Å². The van der Waals surface area contributed by atoms with Gasteiger partial charge in [0.2, 0.25) is 5.91 Å². The molecule has 0 saturated carbocycles. The Labute approximate surface area is 136 Å². The van der Waals surface area contributed by atoms with Gasteiger partial charge in [-0.1, -0.05) is 38.1 Å². The van der Waals surface area contributed by atoms with Gasteiger partial charge in [0.05, 0.1) is 13.5 Å². The zero-order valence-electron chi connectivity index (χ0n) is 13.7. The molecule has 0 aromatic heterocycles. The van der Waals surface area contributed by atoms with Crippen LogP contribution in [0.25, 0.3) is 0 Å². The predicted molar refractivity (Wildman–Crippen MR) is 89.1 cm³/mol. The maximum atomic E-state index is 12.9. The van der Waals surface area contributed by atoms with Crippen molar-refractivity contribution in [3.63, 3.8) is 0 Å². The summed E-state index contributed by atoms with van der Waals surface area (Å²) >= 11 is 0. The molecule has 2 aromatic carbocycles. The van der Waals surface area contributed by atoms with E-state index in [9.17, 15) is 9.18 Å². The Bertz CT molecular complexity index is 648. The molecule has 23 heavy (non-hydrogen) atoms. The molecule has 2 rings (SSSR count). The van der Waals surface area contributed by atoms with Crippen molar-refractivity contribution in [3.8, 4) is 5.75 Å². The molecule has 0 heterocycles. The van der Waals surface area contributed by atoms with Crippen LogP contribution in [0, 0.1) is 5.82 Å². The maximum absolute atomic E-state index is 12.9. The Morgan fingerprint density at radius 2 is 1.70 bits per heavy atom. The van der Waals surface area contributed by atoms with E-state index in [4.69, 9.17) is 4.74 Å². The van der Waals surface area contributed by atoms with Crippen molar-refractivity contribution in [1.29, 1.82) is 0 Å². The molecule has 0 fully saturated rings. The number of carbonyl (C=O) groups is 1. The van der Waals surface area contributed by atoms with Crippen LogP contribution in [0.2, 0.25) is 0 Å². The van der Waals surface area contributed by atoms with Gasteiger partial charge in [-0.3, -0.25) is 4.79 Å². The molecule has 0 saturated heterocycles. The van der Waals surface area contributed by atoms with E-state index in [1.807, 2.05) is 24.3 Å². The first kappa shape index (κ1) is 17.0. The van der Waals surface area contributed by atoms with Gasteiger partial charge in [-0.2, -0.15) is 0 Å². The average Bonchev–Trinajstić information content (AvgIpc) is 2.55. The second kappa shape index (κ2) is 7.27. The Morgan fingerprint density at radius 3 is 2.26 bits per heavy atom. The van der Waals surface area contributed by atoms with Crippen LogP contribution in [0.4, 0.5) is 4.39 Å². The van der Waals surface area contributed by atoms with Crippen LogP contribution in [0.1, 0.15) is 25.0 Å². The van der Waals surface area contributed by atoms with Crippen molar-refractivity contribution < 1.29 is 13.9 Å². The van der Waals surface area contributed by atoms with Crippen molar-refractivity contribution in [2.45, 2.75) is 25.7 Å². The zero-order valence-corrected chi connectivity index (χ0v) is 13.7. The predicted octanol–water partition coefficient (Wildman–Crippen LogP) is 3.47. The summed E-state index contributed by atoms with van der Waals surface area (Å²) < 4.78 is 18.0. The SMILES string of the molecule is COc1ccc(C(C)(C)CNC(=O)Cc2ccc(F)cc2)cc1. The number of halogens is 1. The Balaban J connectivity index is 1.92. The summed E-state index contributed by atoms with van der Waals surface area (Å²) in [7, 11) is 1.63. The fraction of sp³-hybridized carbons (Fsp3) is 0.316. The second-order valence-electron chi connectivity index (χ2n) is 6.19. The molecule has 4 heteroatoms. The number of rotatable bonds is 6. The third-order valence-electron chi connectivity index (χ3n) is 3.88. The van der Waals surface area contributed by atoms with E-state index in [-0.39, 0.29) is 23.6 Å². The molecule has 0 radical (unpaired) electrons. The average molecular weight is 315 g/mol. The lowest BCUT2D eigenvalue weighted by atomic mass is 9.84. The van der Waals surface area contributed by atoms with Crippen LogP contribution in [-0.2, 0) is 16.6 Å². The summed E-state index contributed by atoms with van der Waals surface area (Å²) in [6.07, 6.45) is 0.249. The van der Waals surface area contributed by atoms with E-state index in [1.165, 1.54) is 12.1 Å². The molecule has 2 aromatic rings. The van der Waals surface area contributed by atoms with E-state index in [2.05, 4.69) is 19.2 Å². The molecule has 0 unspecified atom stereocenters. The molecule has 122 valence electrons. The summed E-state index contributed by atoms with van der Waals surface area (Å²) in [4.78, 5) is 12.1. The molecule has 0 aliphatic carbocycles. The van der Waals surface area contributed by atoms with Gasteiger partial charge >= 0.3 is 0 Å². The summed E-state index contributed by atoms with van der Waals surface area (Å²) in [5, 5.41) is 2.95. The molecular formula is C19H22FNO2. The van der Waals surface area contributed by atoms with Crippen LogP contribution in [0.3, 0.4) is 0 Å². The number of carbonyl (C=O) groups excluding carboxylic acids is 1. The highest BCUT2D eigenvalue weighted by Crippen LogP contribution is 2.24. The minimum atomic E-state index is -0.296. The Kier molecular flexibility index (Phi) is 5.37. The quantitative estimate of drug-likeness (QED) is 0.886. The molecular weight excluding hydrogens is 293 g/mol. The van der Waals surface area contributed by atoms with Crippen molar-refractivity contribution in [1.82, 2.24) is 5.32 Å². The molecule has 1 amide bonds. The van der Waals surface area contributed by atoms with Crippen molar-refractivity contribution in [2.24, 2.45) is 0 Å². The van der Waals surface area contributed by atoms with Gasteiger partial charge in [0.25, 0.3) is 0 Å². The van der Waals surface area contributed by atoms with Gasteiger partial charge < -0.3 is 10.1 Å². The van der Waals surface area contributed by atoms with Crippen molar-refractivity contribution in [3.05, 3.63) is 65.5 Å². The lowest BCUT2D eigenvalue weighted by Gasteiger charge is -2.26. The molecule has 3 nitrogen and oxygen atoms in total. The van der Waals surface area contributed by atoms with Crippen LogP contribution >= 0.6 is 0 Å². The third kappa shape index (κ3) is 4.81. The number of methoxy groups -OCH3 is 1. The molecule has 0 bridgehead atoms. The summed E-state index contributed by atoms with van der Waals surface area (Å²) in [5.41, 5.74) is 1.73. The van der Waals surface area contributed by atoms with E-state index >= 15 is 0 Å². The molecule has 0 atom stereocenters. The Morgan fingerprint density at radius 1 is 1.09 bits per heavy atom. The van der Waals surface area contributed by atoms with E-state index < -0.39 is 0 Å². The standard InChI is InChI=1S/C19H22FNO2/c1-19(2,15-6-10-17(23-3)11-7-15)13-21-18(22)12-14-4-8-16(20)9-5-14/h4-11H,12-13H2,1-3H3,(H,21,22). The first-order chi connectivity index (χ1) is 10.9. The fourth-order valence-electron chi connectivity index (χ4n) is 2.31. The number of hydrogen-bond donors (Lipinski definition) is 1. The van der Waals surface area contributed by atoms with E-state index in [0.29, 0.717) is 6.54 Å². The molecule has 0 aliphatic rings. The first-order valence-corrected chi connectivity index (χ1v) is 7.56. The molecule has 0 aliphatic heterocycles. The van der Waals surface area contributed by atoms with Gasteiger partial charge in [0.1, 0.15) is 11.6 Å². The second-order valence-corrected chi connectivity index (χ2v) is 6.19. The minimum absolute atomic E-state index is 0.0711. The topological polar surface area (TPSA) is 38.3 Å². The highest BCUT2D eigenvalue weighted by molar-refractivity contribution is 5.78. The van der Waals surface area contributed by atoms with E-state index in [1.54, 1.807) is 19.2 Å². The normalized spacial score (nSPS) is 11.1. The summed E-state index contributed by atoms with van der Waals surface area (Å²) in [6.45, 7) is 4.68. The first-order valence-electron chi connectivity index (χ1n) is 7.56. The molecule has 0 spiro atoms. The summed E-state index contributed by atoms with van der Waals surface area (Å²) in [5.74, 6) is 0.442. The lowest BCUT2D eigenvalue weighted by Crippen LogP contribution is -2.37. The minimum Gasteiger partial charge on any atom is -0.497 e. The van der Waals surface area contributed by atoms with Crippen LogP contribution in [0.15, 0.2) is 48.5 Å². The van der Waals surface area contributed by atoms with Crippen molar-refractivity contribution in [2.75, 3.05) is 13.7 Å². The van der Waals surface area contributed by atoms with Crippen LogP contribution in [-0.4, -0.2) is 19.6 Å². The van der Waals surface area contributed by atoms with Gasteiger partial charge in [0, 0.05) is 12.0 Å². The number of amides is 1. The summed E-state index contributed by atoms with van der Waals surface area (Å²) in [6, 6.07) is 13.8. The monoisotopic (exact) mass is 315 g/mol. The largest absolute Gasteiger partial charge is 0.497 e. The Hall–Kier alpha value is -2.36. The molecule has 1 N–H and O–H groups in total.